The fourth-order valence-electron chi connectivity index (χ4n) is 1.53. The molecule has 3 nitrogen and oxygen atoms in total. The fraction of sp³-hybridized carbons (Fsp3) is 0.875. The molecule has 1 saturated heterocycles. The van der Waals surface area contributed by atoms with Crippen LogP contribution in [0.2, 0.25) is 0 Å². The lowest BCUT2D eigenvalue weighted by Crippen LogP contribution is -2.43. The molecule has 1 atom stereocenters. The molecular weight excluding hydrogens is 140 g/mol. The molecule has 0 bridgehead atoms. The third kappa shape index (κ3) is 2.10. The highest BCUT2D eigenvalue weighted by atomic mass is 16.2. The second-order valence-corrected chi connectivity index (χ2v) is 3.25. The summed E-state index contributed by atoms with van der Waals surface area (Å²) in [5, 5.41) is 2.64. The Balaban J connectivity index is 2.39. The molecule has 2 amide bonds. The Bertz CT molecular complexity index is 147. The fourth-order valence-corrected chi connectivity index (χ4v) is 1.53. The molecule has 0 aromatic carbocycles. The number of rotatable bonds is 0. The first-order chi connectivity index (χ1) is 5.24. The molecular formula is C8H16N2O. The van der Waals surface area contributed by atoms with Gasteiger partial charge in [0.1, 0.15) is 0 Å². The second-order valence-electron chi connectivity index (χ2n) is 3.25. The second kappa shape index (κ2) is 3.60. The Morgan fingerprint density at radius 2 is 2.36 bits per heavy atom. The molecule has 0 aromatic rings. The molecule has 1 heterocycles. The highest BCUT2D eigenvalue weighted by Gasteiger charge is 2.19. The Morgan fingerprint density at radius 1 is 1.64 bits per heavy atom. The predicted molar refractivity (Wildman–Crippen MR) is 44.4 cm³/mol. The first-order valence-corrected chi connectivity index (χ1v) is 4.20. The molecule has 1 N–H and O–H groups in total. The van der Waals surface area contributed by atoms with Crippen molar-refractivity contribution >= 4 is 6.03 Å². The summed E-state index contributed by atoms with van der Waals surface area (Å²) in [6.45, 7) is 4.03. The minimum Gasteiger partial charge on any atom is -0.341 e. The maximum atomic E-state index is 11.1. The van der Waals surface area contributed by atoms with Gasteiger partial charge in [-0.3, -0.25) is 0 Å². The van der Waals surface area contributed by atoms with Gasteiger partial charge in [-0.25, -0.2) is 4.79 Å². The molecule has 1 fully saturated rings. The summed E-state index contributed by atoms with van der Waals surface area (Å²) in [5.74, 6) is 0.668. The molecule has 11 heavy (non-hydrogen) atoms. The van der Waals surface area contributed by atoms with Crippen LogP contribution in [-0.2, 0) is 0 Å². The minimum atomic E-state index is 0.0663. The normalized spacial score (nSPS) is 24.9. The largest absolute Gasteiger partial charge is 0.341 e. The monoisotopic (exact) mass is 156 g/mol. The lowest BCUT2D eigenvalue weighted by molar-refractivity contribution is 0.172. The summed E-state index contributed by atoms with van der Waals surface area (Å²) in [4.78, 5) is 13.0. The number of nitrogens with one attached hydrogen (secondary N) is 1. The van der Waals surface area contributed by atoms with Gasteiger partial charge in [0.25, 0.3) is 0 Å². The molecule has 0 spiro atoms. The Kier molecular flexibility index (Phi) is 2.74. The first-order valence-electron chi connectivity index (χ1n) is 4.20. The van der Waals surface area contributed by atoms with Gasteiger partial charge in [0.2, 0.25) is 0 Å². The van der Waals surface area contributed by atoms with E-state index >= 15 is 0 Å². The lowest BCUT2D eigenvalue weighted by Gasteiger charge is -2.30. The number of piperidine rings is 1. The number of hydrogen-bond donors (Lipinski definition) is 1. The topological polar surface area (TPSA) is 32.3 Å². The highest BCUT2D eigenvalue weighted by molar-refractivity contribution is 5.73. The lowest BCUT2D eigenvalue weighted by atomic mass is 10.0. The van der Waals surface area contributed by atoms with Crippen LogP contribution in [-0.4, -0.2) is 31.1 Å². The maximum absolute atomic E-state index is 11.1. The van der Waals surface area contributed by atoms with E-state index in [0.717, 1.165) is 19.5 Å². The van der Waals surface area contributed by atoms with E-state index in [1.807, 2.05) is 4.90 Å². The summed E-state index contributed by atoms with van der Waals surface area (Å²) in [6, 6.07) is 0.0663. The molecule has 3 heteroatoms. The van der Waals surface area contributed by atoms with E-state index < -0.39 is 0 Å². The van der Waals surface area contributed by atoms with Crippen molar-refractivity contribution in [1.29, 1.82) is 0 Å². The van der Waals surface area contributed by atoms with Gasteiger partial charge in [-0.05, 0) is 18.8 Å². The van der Waals surface area contributed by atoms with Crippen LogP contribution in [0.5, 0.6) is 0 Å². The maximum Gasteiger partial charge on any atom is 0.317 e. The Morgan fingerprint density at radius 3 is 2.91 bits per heavy atom. The van der Waals surface area contributed by atoms with Crippen molar-refractivity contribution in [2.24, 2.45) is 5.92 Å². The molecule has 64 valence electrons. The minimum absolute atomic E-state index is 0.0663. The van der Waals surface area contributed by atoms with Crippen LogP contribution in [0, 0.1) is 5.92 Å². The summed E-state index contributed by atoms with van der Waals surface area (Å²) in [5.41, 5.74) is 0. The van der Waals surface area contributed by atoms with Crippen LogP contribution < -0.4 is 5.32 Å². The van der Waals surface area contributed by atoms with E-state index in [9.17, 15) is 4.79 Å². The summed E-state index contributed by atoms with van der Waals surface area (Å²) >= 11 is 0. The van der Waals surface area contributed by atoms with E-state index in [2.05, 4.69) is 12.2 Å². The van der Waals surface area contributed by atoms with Crippen molar-refractivity contribution in [2.75, 3.05) is 20.1 Å². The van der Waals surface area contributed by atoms with E-state index in [4.69, 9.17) is 0 Å². The van der Waals surface area contributed by atoms with Crippen LogP contribution in [0.25, 0.3) is 0 Å². The van der Waals surface area contributed by atoms with Crippen LogP contribution in [0.15, 0.2) is 0 Å². The van der Waals surface area contributed by atoms with E-state index in [1.165, 1.54) is 6.42 Å². The number of amides is 2. The average molecular weight is 156 g/mol. The number of hydrogen-bond acceptors (Lipinski definition) is 1. The Labute approximate surface area is 67.8 Å². The molecule has 1 aliphatic heterocycles. The van der Waals surface area contributed by atoms with Crippen molar-refractivity contribution in [3.05, 3.63) is 0 Å². The standard InChI is InChI=1S/C8H16N2O/c1-7-4-3-5-10(6-7)8(11)9-2/h7H,3-6H2,1-2H3,(H,9,11)/t7-/m0/s1. The Hall–Kier alpha value is -0.730. The summed E-state index contributed by atoms with van der Waals surface area (Å²) in [6.07, 6.45) is 2.40. The molecule has 0 unspecified atom stereocenters. The third-order valence-electron chi connectivity index (χ3n) is 2.16. The van der Waals surface area contributed by atoms with Gasteiger partial charge in [0.15, 0.2) is 0 Å². The van der Waals surface area contributed by atoms with Gasteiger partial charge >= 0.3 is 6.03 Å². The molecule has 0 radical (unpaired) electrons. The molecule has 0 aromatic heterocycles. The van der Waals surface area contributed by atoms with Crippen LogP contribution in [0.4, 0.5) is 4.79 Å². The van der Waals surface area contributed by atoms with Gasteiger partial charge in [0, 0.05) is 20.1 Å². The van der Waals surface area contributed by atoms with Crippen LogP contribution in [0.3, 0.4) is 0 Å². The van der Waals surface area contributed by atoms with E-state index in [1.54, 1.807) is 7.05 Å². The van der Waals surface area contributed by atoms with Gasteiger partial charge < -0.3 is 10.2 Å². The van der Waals surface area contributed by atoms with Crippen molar-refractivity contribution in [1.82, 2.24) is 10.2 Å². The zero-order valence-electron chi connectivity index (χ0n) is 7.26. The SMILES string of the molecule is CNC(=O)N1CCC[C@H](C)C1. The van der Waals surface area contributed by atoms with Crippen LogP contribution >= 0.6 is 0 Å². The van der Waals surface area contributed by atoms with Gasteiger partial charge in [-0.1, -0.05) is 6.92 Å². The van der Waals surface area contributed by atoms with E-state index in [-0.39, 0.29) is 6.03 Å². The number of urea groups is 1. The van der Waals surface area contributed by atoms with Gasteiger partial charge in [-0.2, -0.15) is 0 Å². The van der Waals surface area contributed by atoms with Crippen molar-refractivity contribution in [2.45, 2.75) is 19.8 Å². The predicted octanol–water partition coefficient (Wildman–Crippen LogP) is 1.06. The zero-order chi connectivity index (χ0) is 8.27. The first kappa shape index (κ1) is 8.37. The zero-order valence-corrected chi connectivity index (χ0v) is 7.26. The molecule has 1 rings (SSSR count). The quantitative estimate of drug-likeness (QED) is 0.558. The third-order valence-corrected chi connectivity index (χ3v) is 2.16. The van der Waals surface area contributed by atoms with Gasteiger partial charge in [-0.15, -0.1) is 0 Å². The highest BCUT2D eigenvalue weighted by Crippen LogP contribution is 2.14. The molecule has 1 aliphatic rings. The van der Waals surface area contributed by atoms with Crippen molar-refractivity contribution in [3.8, 4) is 0 Å². The number of carbonyl (C=O) groups is 1. The molecule has 0 saturated carbocycles. The van der Waals surface area contributed by atoms with Crippen molar-refractivity contribution in [3.63, 3.8) is 0 Å². The number of nitrogens with zero attached hydrogens (tertiary/aromatic N) is 1. The number of carbonyl (C=O) groups excluding carboxylic acids is 1. The summed E-state index contributed by atoms with van der Waals surface area (Å²) in [7, 11) is 1.68. The average Bonchev–Trinajstić information content (AvgIpc) is 2.03. The smallest absolute Gasteiger partial charge is 0.317 e. The van der Waals surface area contributed by atoms with Crippen molar-refractivity contribution < 1.29 is 4.79 Å². The van der Waals surface area contributed by atoms with Gasteiger partial charge in [0.05, 0.1) is 0 Å². The molecule has 0 aliphatic carbocycles. The van der Waals surface area contributed by atoms with Crippen LogP contribution in [0.1, 0.15) is 19.8 Å². The number of likely N-dealkylation sites (tertiary alicyclic amines) is 1. The van der Waals surface area contributed by atoms with E-state index in [0.29, 0.717) is 5.92 Å². The summed E-state index contributed by atoms with van der Waals surface area (Å²) < 4.78 is 0.